The topological polar surface area (TPSA) is 20.2 Å². The Kier molecular flexibility index (Phi) is 4.84. The number of benzene rings is 2. The first-order chi connectivity index (χ1) is 9.92. The molecule has 0 heterocycles. The fourth-order valence-electron chi connectivity index (χ4n) is 2.54. The molecule has 0 aliphatic carbocycles. The van der Waals surface area contributed by atoms with Crippen molar-refractivity contribution in [2.45, 2.75) is 52.1 Å². The summed E-state index contributed by atoms with van der Waals surface area (Å²) in [6.45, 7) is 8.80. The van der Waals surface area contributed by atoms with Crippen LogP contribution in [0.25, 0.3) is 0 Å². The smallest absolute Gasteiger partial charge is 0.0830 e. The molecular weight excluding hydrogens is 256 g/mol. The summed E-state index contributed by atoms with van der Waals surface area (Å²) in [6, 6.07) is 16.8. The third-order valence-electron chi connectivity index (χ3n) is 4.47. The summed E-state index contributed by atoms with van der Waals surface area (Å²) in [5.74, 6) is 0. The van der Waals surface area contributed by atoms with Crippen molar-refractivity contribution in [1.82, 2.24) is 0 Å². The molecule has 0 saturated carbocycles. The molecule has 2 aromatic rings. The number of rotatable bonds is 5. The zero-order chi connectivity index (χ0) is 15.5. The first kappa shape index (κ1) is 15.8. The van der Waals surface area contributed by atoms with Crippen LogP contribution < -0.4 is 0 Å². The standard InChI is InChI=1S/C20H26O/c1-5-20(3,4)18-11-9-17(10-12-18)19(21)14-16-8-6-7-15(2)13-16/h6-13,19,21H,5,14H2,1-4H3. The van der Waals surface area contributed by atoms with Crippen molar-refractivity contribution in [3.63, 3.8) is 0 Å². The Morgan fingerprint density at radius 3 is 2.29 bits per heavy atom. The number of aliphatic hydroxyl groups is 1. The summed E-state index contributed by atoms with van der Waals surface area (Å²) in [5, 5.41) is 10.4. The quantitative estimate of drug-likeness (QED) is 0.822. The molecule has 21 heavy (non-hydrogen) atoms. The van der Waals surface area contributed by atoms with Crippen LogP contribution in [-0.4, -0.2) is 5.11 Å². The fraction of sp³-hybridized carbons (Fsp3) is 0.400. The molecule has 0 aliphatic rings. The van der Waals surface area contributed by atoms with Crippen LogP contribution >= 0.6 is 0 Å². The predicted octanol–water partition coefficient (Wildman–Crippen LogP) is 4.96. The van der Waals surface area contributed by atoms with Crippen LogP contribution in [0.5, 0.6) is 0 Å². The molecule has 1 N–H and O–H groups in total. The van der Waals surface area contributed by atoms with Gasteiger partial charge in [-0.3, -0.25) is 0 Å². The third-order valence-corrected chi connectivity index (χ3v) is 4.47. The fourth-order valence-corrected chi connectivity index (χ4v) is 2.54. The van der Waals surface area contributed by atoms with E-state index in [2.05, 4.69) is 70.2 Å². The molecule has 0 bridgehead atoms. The Labute approximate surface area is 128 Å². The monoisotopic (exact) mass is 282 g/mol. The maximum Gasteiger partial charge on any atom is 0.0830 e. The molecule has 2 rings (SSSR count). The molecule has 0 radical (unpaired) electrons. The Hall–Kier alpha value is -1.60. The Morgan fingerprint density at radius 1 is 1.05 bits per heavy atom. The molecule has 0 saturated heterocycles. The van der Waals surface area contributed by atoms with E-state index in [-0.39, 0.29) is 5.41 Å². The summed E-state index contributed by atoms with van der Waals surface area (Å²) < 4.78 is 0. The van der Waals surface area contributed by atoms with E-state index in [9.17, 15) is 5.11 Å². The molecule has 0 amide bonds. The van der Waals surface area contributed by atoms with Gasteiger partial charge in [0, 0.05) is 6.42 Å². The van der Waals surface area contributed by atoms with Crippen LogP contribution in [-0.2, 0) is 11.8 Å². The highest BCUT2D eigenvalue weighted by molar-refractivity contribution is 5.30. The highest BCUT2D eigenvalue weighted by Gasteiger charge is 2.18. The molecule has 1 unspecified atom stereocenters. The molecule has 0 aromatic heterocycles. The van der Waals surface area contributed by atoms with Crippen LogP contribution in [0.15, 0.2) is 48.5 Å². The van der Waals surface area contributed by atoms with Crippen LogP contribution in [0, 0.1) is 6.92 Å². The van der Waals surface area contributed by atoms with Crippen molar-refractivity contribution >= 4 is 0 Å². The second kappa shape index (κ2) is 6.44. The van der Waals surface area contributed by atoms with Gasteiger partial charge in [0.25, 0.3) is 0 Å². The molecule has 0 spiro atoms. The summed E-state index contributed by atoms with van der Waals surface area (Å²) in [4.78, 5) is 0. The van der Waals surface area contributed by atoms with Crippen LogP contribution in [0.4, 0.5) is 0 Å². The molecule has 1 atom stereocenters. The summed E-state index contributed by atoms with van der Waals surface area (Å²) >= 11 is 0. The van der Waals surface area contributed by atoms with Gasteiger partial charge < -0.3 is 5.11 Å². The van der Waals surface area contributed by atoms with Gasteiger partial charge in [-0.25, -0.2) is 0 Å². The minimum absolute atomic E-state index is 0.194. The first-order valence-electron chi connectivity index (χ1n) is 7.76. The highest BCUT2D eigenvalue weighted by Crippen LogP contribution is 2.28. The van der Waals surface area contributed by atoms with Crippen molar-refractivity contribution in [2.24, 2.45) is 0 Å². The molecule has 2 aromatic carbocycles. The lowest BCUT2D eigenvalue weighted by Gasteiger charge is -2.24. The summed E-state index contributed by atoms with van der Waals surface area (Å²) in [6.07, 6.45) is 1.33. The second-order valence-corrected chi connectivity index (χ2v) is 6.57. The van der Waals surface area contributed by atoms with Gasteiger partial charge >= 0.3 is 0 Å². The maximum atomic E-state index is 10.4. The zero-order valence-electron chi connectivity index (χ0n) is 13.6. The minimum Gasteiger partial charge on any atom is -0.388 e. The molecule has 112 valence electrons. The Balaban J connectivity index is 2.11. The molecule has 1 heteroatoms. The lowest BCUT2D eigenvalue weighted by Crippen LogP contribution is -2.15. The Bertz CT molecular complexity index is 581. The predicted molar refractivity (Wildman–Crippen MR) is 89.6 cm³/mol. The van der Waals surface area contributed by atoms with Crippen molar-refractivity contribution < 1.29 is 5.11 Å². The van der Waals surface area contributed by atoms with Crippen molar-refractivity contribution in [1.29, 1.82) is 0 Å². The van der Waals surface area contributed by atoms with Crippen molar-refractivity contribution in [3.05, 3.63) is 70.8 Å². The lowest BCUT2D eigenvalue weighted by molar-refractivity contribution is 0.178. The average Bonchev–Trinajstić information content (AvgIpc) is 2.47. The van der Waals surface area contributed by atoms with E-state index < -0.39 is 6.10 Å². The van der Waals surface area contributed by atoms with Crippen molar-refractivity contribution in [3.8, 4) is 0 Å². The van der Waals surface area contributed by atoms with Gasteiger partial charge in [0.2, 0.25) is 0 Å². The molecule has 0 fully saturated rings. The van der Waals surface area contributed by atoms with E-state index in [1.165, 1.54) is 16.7 Å². The van der Waals surface area contributed by atoms with Crippen LogP contribution in [0.3, 0.4) is 0 Å². The van der Waals surface area contributed by atoms with E-state index >= 15 is 0 Å². The first-order valence-corrected chi connectivity index (χ1v) is 7.76. The minimum atomic E-state index is -0.439. The molecular formula is C20H26O. The van der Waals surface area contributed by atoms with Gasteiger partial charge in [-0.2, -0.15) is 0 Å². The summed E-state index contributed by atoms with van der Waals surface area (Å²) in [7, 11) is 0. The third kappa shape index (κ3) is 3.95. The van der Waals surface area contributed by atoms with Gasteiger partial charge in [-0.05, 0) is 35.4 Å². The number of hydrogen-bond acceptors (Lipinski definition) is 1. The van der Waals surface area contributed by atoms with E-state index in [1.807, 2.05) is 6.07 Å². The average molecular weight is 282 g/mol. The lowest BCUT2D eigenvalue weighted by atomic mass is 9.82. The number of aryl methyl sites for hydroxylation is 1. The van der Waals surface area contributed by atoms with Gasteiger partial charge in [0.15, 0.2) is 0 Å². The Morgan fingerprint density at radius 2 is 1.71 bits per heavy atom. The maximum absolute atomic E-state index is 10.4. The van der Waals surface area contributed by atoms with Gasteiger partial charge in [0.05, 0.1) is 6.10 Å². The van der Waals surface area contributed by atoms with Crippen LogP contribution in [0.2, 0.25) is 0 Å². The molecule has 0 aliphatic heterocycles. The second-order valence-electron chi connectivity index (χ2n) is 6.57. The van der Waals surface area contributed by atoms with Gasteiger partial charge in [0.1, 0.15) is 0 Å². The highest BCUT2D eigenvalue weighted by atomic mass is 16.3. The number of aliphatic hydroxyl groups excluding tert-OH is 1. The van der Waals surface area contributed by atoms with Crippen molar-refractivity contribution in [2.75, 3.05) is 0 Å². The molecule has 1 nitrogen and oxygen atoms in total. The van der Waals surface area contributed by atoms with E-state index in [4.69, 9.17) is 0 Å². The van der Waals surface area contributed by atoms with E-state index in [1.54, 1.807) is 0 Å². The van der Waals surface area contributed by atoms with E-state index in [0.29, 0.717) is 6.42 Å². The number of hydrogen-bond donors (Lipinski definition) is 1. The zero-order valence-corrected chi connectivity index (χ0v) is 13.6. The van der Waals surface area contributed by atoms with Gasteiger partial charge in [-0.1, -0.05) is 74.9 Å². The van der Waals surface area contributed by atoms with Crippen LogP contribution in [0.1, 0.15) is 55.5 Å². The normalized spacial score (nSPS) is 13.2. The largest absolute Gasteiger partial charge is 0.388 e. The summed E-state index contributed by atoms with van der Waals surface area (Å²) in [5.41, 5.74) is 4.93. The SMILES string of the molecule is CCC(C)(C)c1ccc(C(O)Cc2cccc(C)c2)cc1. The van der Waals surface area contributed by atoms with Gasteiger partial charge in [-0.15, -0.1) is 0 Å². The van der Waals surface area contributed by atoms with E-state index in [0.717, 1.165) is 12.0 Å².